The molecular weight excluding hydrogens is 176 g/mol. The summed E-state index contributed by atoms with van der Waals surface area (Å²) in [5.41, 5.74) is 0.139. The van der Waals surface area contributed by atoms with Crippen molar-refractivity contribution in [1.82, 2.24) is 10.2 Å². The molecule has 0 aliphatic carbocycles. The molecule has 0 aromatic rings. The number of nitrogens with one attached hydrogen (secondary N) is 1. The Bertz CT molecular complexity index is 182. The minimum atomic E-state index is 0.139. The van der Waals surface area contributed by atoms with E-state index in [1.165, 1.54) is 32.4 Å². The molecule has 0 bridgehead atoms. The predicted molar refractivity (Wildman–Crippen MR) is 57.5 cm³/mol. The average Bonchev–Trinajstić information content (AvgIpc) is 2.41. The standard InChI is InChI=1S/C11H22N2O/c1-11(14-2)8-13(9-11)10-4-3-6-12-7-5-10/h10,12H,3-9H2,1-2H3. The van der Waals surface area contributed by atoms with Crippen molar-refractivity contribution in [1.29, 1.82) is 0 Å². The third kappa shape index (κ3) is 2.10. The van der Waals surface area contributed by atoms with Gasteiger partial charge in [0.2, 0.25) is 0 Å². The molecule has 1 N–H and O–H groups in total. The van der Waals surface area contributed by atoms with Gasteiger partial charge in [0.25, 0.3) is 0 Å². The molecule has 0 radical (unpaired) electrons. The molecule has 0 aromatic carbocycles. The summed E-state index contributed by atoms with van der Waals surface area (Å²) in [4.78, 5) is 2.58. The Morgan fingerprint density at radius 2 is 2.07 bits per heavy atom. The van der Waals surface area contributed by atoms with E-state index in [9.17, 15) is 0 Å². The number of hydrogen-bond donors (Lipinski definition) is 1. The average molecular weight is 198 g/mol. The van der Waals surface area contributed by atoms with E-state index in [1.54, 1.807) is 0 Å². The normalized spacial score (nSPS) is 33.4. The summed E-state index contributed by atoms with van der Waals surface area (Å²) >= 11 is 0. The summed E-state index contributed by atoms with van der Waals surface area (Å²) in [5, 5.41) is 3.46. The molecule has 1 unspecified atom stereocenters. The van der Waals surface area contributed by atoms with Gasteiger partial charge in [-0.1, -0.05) is 0 Å². The fourth-order valence-corrected chi connectivity index (χ4v) is 2.57. The molecule has 2 aliphatic rings. The van der Waals surface area contributed by atoms with Crippen LogP contribution in [-0.2, 0) is 4.74 Å². The van der Waals surface area contributed by atoms with Gasteiger partial charge in [-0.25, -0.2) is 0 Å². The van der Waals surface area contributed by atoms with Crippen molar-refractivity contribution in [2.45, 2.75) is 37.8 Å². The molecule has 2 fully saturated rings. The van der Waals surface area contributed by atoms with E-state index in [0.717, 1.165) is 19.1 Å². The Morgan fingerprint density at radius 1 is 1.29 bits per heavy atom. The van der Waals surface area contributed by atoms with Gasteiger partial charge in [-0.2, -0.15) is 0 Å². The van der Waals surface area contributed by atoms with E-state index >= 15 is 0 Å². The first-order valence-corrected chi connectivity index (χ1v) is 5.73. The van der Waals surface area contributed by atoms with Gasteiger partial charge in [0, 0.05) is 26.2 Å². The molecule has 0 aromatic heterocycles. The van der Waals surface area contributed by atoms with Crippen LogP contribution in [0.15, 0.2) is 0 Å². The molecule has 1 atom stereocenters. The SMILES string of the molecule is COC1(C)CN(C2CCCNCC2)C1. The van der Waals surface area contributed by atoms with Gasteiger partial charge in [-0.3, -0.25) is 4.90 Å². The maximum absolute atomic E-state index is 5.47. The van der Waals surface area contributed by atoms with Crippen LogP contribution in [0.5, 0.6) is 0 Å². The quantitative estimate of drug-likeness (QED) is 0.712. The zero-order chi connectivity index (χ0) is 10.0. The molecule has 0 amide bonds. The van der Waals surface area contributed by atoms with E-state index in [4.69, 9.17) is 4.74 Å². The Morgan fingerprint density at radius 3 is 2.79 bits per heavy atom. The predicted octanol–water partition coefficient (Wildman–Crippen LogP) is 0.849. The van der Waals surface area contributed by atoms with E-state index in [2.05, 4.69) is 17.1 Å². The van der Waals surface area contributed by atoms with Crippen LogP contribution in [0.25, 0.3) is 0 Å². The summed E-state index contributed by atoms with van der Waals surface area (Å²) in [6, 6.07) is 0.799. The van der Waals surface area contributed by atoms with Crippen LogP contribution in [0.3, 0.4) is 0 Å². The summed E-state index contributed by atoms with van der Waals surface area (Å²) in [6.45, 7) is 6.83. The highest BCUT2D eigenvalue weighted by molar-refractivity contribution is 4.96. The van der Waals surface area contributed by atoms with Crippen molar-refractivity contribution in [2.24, 2.45) is 0 Å². The van der Waals surface area contributed by atoms with Crippen molar-refractivity contribution in [2.75, 3.05) is 33.3 Å². The number of methoxy groups -OCH3 is 1. The smallest absolute Gasteiger partial charge is 0.0903 e. The topological polar surface area (TPSA) is 24.5 Å². The van der Waals surface area contributed by atoms with Gasteiger partial charge in [0.15, 0.2) is 0 Å². The van der Waals surface area contributed by atoms with Crippen LogP contribution < -0.4 is 5.32 Å². The molecule has 2 rings (SSSR count). The second kappa shape index (κ2) is 4.17. The van der Waals surface area contributed by atoms with Gasteiger partial charge in [-0.05, 0) is 39.3 Å². The maximum atomic E-state index is 5.47. The van der Waals surface area contributed by atoms with Crippen LogP contribution >= 0.6 is 0 Å². The fraction of sp³-hybridized carbons (Fsp3) is 1.00. The summed E-state index contributed by atoms with van der Waals surface area (Å²) in [5.74, 6) is 0. The number of likely N-dealkylation sites (tertiary alicyclic amines) is 1. The number of ether oxygens (including phenoxy) is 1. The second-order valence-corrected chi connectivity index (χ2v) is 4.89. The Kier molecular flexibility index (Phi) is 3.10. The molecule has 3 nitrogen and oxygen atoms in total. The summed E-state index contributed by atoms with van der Waals surface area (Å²) in [6.07, 6.45) is 3.98. The van der Waals surface area contributed by atoms with Gasteiger partial charge >= 0.3 is 0 Å². The lowest BCUT2D eigenvalue weighted by Crippen LogP contribution is -2.63. The van der Waals surface area contributed by atoms with Crippen molar-refractivity contribution < 1.29 is 4.74 Å². The molecule has 0 saturated carbocycles. The lowest BCUT2D eigenvalue weighted by Gasteiger charge is -2.50. The van der Waals surface area contributed by atoms with Crippen molar-refractivity contribution >= 4 is 0 Å². The highest BCUT2D eigenvalue weighted by Gasteiger charge is 2.41. The molecular formula is C11H22N2O. The number of rotatable bonds is 2. The zero-order valence-electron chi connectivity index (χ0n) is 9.38. The Balaban J connectivity index is 1.80. The first-order chi connectivity index (χ1) is 6.73. The molecule has 2 aliphatic heterocycles. The van der Waals surface area contributed by atoms with E-state index in [-0.39, 0.29) is 5.60 Å². The van der Waals surface area contributed by atoms with E-state index in [0.29, 0.717) is 0 Å². The van der Waals surface area contributed by atoms with Crippen LogP contribution in [-0.4, -0.2) is 49.8 Å². The third-order valence-electron chi connectivity index (χ3n) is 3.63. The zero-order valence-corrected chi connectivity index (χ0v) is 9.38. The Hall–Kier alpha value is -0.120. The molecule has 2 heterocycles. The third-order valence-corrected chi connectivity index (χ3v) is 3.63. The largest absolute Gasteiger partial charge is 0.376 e. The first-order valence-electron chi connectivity index (χ1n) is 5.73. The Labute approximate surface area is 86.8 Å². The second-order valence-electron chi connectivity index (χ2n) is 4.89. The minimum Gasteiger partial charge on any atom is -0.376 e. The highest BCUT2D eigenvalue weighted by atomic mass is 16.5. The lowest BCUT2D eigenvalue weighted by molar-refractivity contribution is -0.127. The maximum Gasteiger partial charge on any atom is 0.0903 e. The molecule has 14 heavy (non-hydrogen) atoms. The number of nitrogens with zero attached hydrogens (tertiary/aromatic N) is 1. The van der Waals surface area contributed by atoms with Gasteiger partial charge in [-0.15, -0.1) is 0 Å². The van der Waals surface area contributed by atoms with Gasteiger partial charge in [0.1, 0.15) is 0 Å². The minimum absolute atomic E-state index is 0.139. The summed E-state index contributed by atoms with van der Waals surface area (Å²) in [7, 11) is 1.83. The monoisotopic (exact) mass is 198 g/mol. The van der Waals surface area contributed by atoms with Crippen LogP contribution in [0.2, 0.25) is 0 Å². The van der Waals surface area contributed by atoms with Crippen LogP contribution in [0.4, 0.5) is 0 Å². The van der Waals surface area contributed by atoms with Crippen LogP contribution in [0, 0.1) is 0 Å². The van der Waals surface area contributed by atoms with Crippen molar-refractivity contribution in [3.63, 3.8) is 0 Å². The molecule has 3 heteroatoms. The molecule has 82 valence electrons. The van der Waals surface area contributed by atoms with Crippen molar-refractivity contribution in [3.8, 4) is 0 Å². The van der Waals surface area contributed by atoms with Gasteiger partial charge in [0.05, 0.1) is 5.60 Å². The molecule has 2 saturated heterocycles. The summed E-state index contributed by atoms with van der Waals surface area (Å²) < 4.78 is 5.47. The van der Waals surface area contributed by atoms with Crippen LogP contribution in [0.1, 0.15) is 26.2 Å². The lowest BCUT2D eigenvalue weighted by atomic mass is 9.92. The number of hydrogen-bond acceptors (Lipinski definition) is 3. The molecule has 0 spiro atoms. The van der Waals surface area contributed by atoms with Gasteiger partial charge < -0.3 is 10.1 Å². The highest BCUT2D eigenvalue weighted by Crippen LogP contribution is 2.28. The van der Waals surface area contributed by atoms with E-state index < -0.39 is 0 Å². The van der Waals surface area contributed by atoms with Crippen molar-refractivity contribution in [3.05, 3.63) is 0 Å². The fourth-order valence-electron chi connectivity index (χ4n) is 2.57. The first kappa shape index (κ1) is 10.4. The van der Waals surface area contributed by atoms with E-state index in [1.807, 2.05) is 7.11 Å².